The molecule has 2 aromatic rings. The van der Waals surface area contributed by atoms with Gasteiger partial charge in [0.15, 0.2) is 0 Å². The molecular formula is C17H18ClNO5S. The first-order valence-corrected chi connectivity index (χ1v) is 9.78. The number of hydrogen-bond acceptors (Lipinski definition) is 5. The van der Waals surface area contributed by atoms with Crippen molar-refractivity contribution in [1.29, 1.82) is 0 Å². The second-order valence-electron chi connectivity index (χ2n) is 5.88. The van der Waals surface area contributed by atoms with E-state index >= 15 is 0 Å². The van der Waals surface area contributed by atoms with Crippen LogP contribution in [0.15, 0.2) is 39.8 Å². The summed E-state index contributed by atoms with van der Waals surface area (Å²) in [6.45, 7) is 2.68. The molecule has 134 valence electrons. The van der Waals surface area contributed by atoms with Crippen molar-refractivity contribution in [2.24, 2.45) is 0 Å². The molecular weight excluding hydrogens is 366 g/mol. The Morgan fingerprint density at radius 1 is 1.16 bits per heavy atom. The van der Waals surface area contributed by atoms with E-state index in [9.17, 15) is 13.2 Å². The molecule has 0 atom stereocenters. The summed E-state index contributed by atoms with van der Waals surface area (Å²) < 4.78 is 37.0. The number of aryl methyl sites for hydroxylation is 1. The van der Waals surface area contributed by atoms with Crippen LogP contribution in [0.3, 0.4) is 0 Å². The Bertz CT molecular complexity index is 884. The van der Waals surface area contributed by atoms with Crippen molar-refractivity contribution < 1.29 is 22.4 Å². The molecule has 0 unspecified atom stereocenters. The van der Waals surface area contributed by atoms with Crippen molar-refractivity contribution >= 4 is 27.6 Å². The van der Waals surface area contributed by atoms with Crippen LogP contribution in [0.1, 0.15) is 35.4 Å². The van der Waals surface area contributed by atoms with Gasteiger partial charge >= 0.3 is 5.97 Å². The molecule has 0 N–H and O–H groups in total. The van der Waals surface area contributed by atoms with Gasteiger partial charge in [0.1, 0.15) is 5.75 Å². The fourth-order valence-corrected chi connectivity index (χ4v) is 4.33. The summed E-state index contributed by atoms with van der Waals surface area (Å²) in [6.07, 6.45) is 2.66. The lowest BCUT2D eigenvalue weighted by atomic mass is 10.2. The van der Waals surface area contributed by atoms with E-state index in [-0.39, 0.29) is 10.9 Å². The van der Waals surface area contributed by atoms with Crippen LogP contribution in [-0.2, 0) is 10.0 Å². The maximum absolute atomic E-state index is 12.5. The Morgan fingerprint density at radius 3 is 2.56 bits per heavy atom. The number of sulfonamides is 1. The molecule has 25 heavy (non-hydrogen) atoms. The summed E-state index contributed by atoms with van der Waals surface area (Å²) in [4.78, 5) is 12.2. The monoisotopic (exact) mass is 383 g/mol. The van der Waals surface area contributed by atoms with E-state index < -0.39 is 16.0 Å². The van der Waals surface area contributed by atoms with Crippen molar-refractivity contribution in [1.82, 2.24) is 4.31 Å². The van der Waals surface area contributed by atoms with Crippen molar-refractivity contribution in [2.75, 3.05) is 13.1 Å². The average molecular weight is 384 g/mol. The fraction of sp³-hybridized carbons (Fsp3) is 0.353. The van der Waals surface area contributed by atoms with Gasteiger partial charge in [0.05, 0.1) is 0 Å². The summed E-state index contributed by atoms with van der Waals surface area (Å²) in [5.74, 6) is -0.582. The van der Waals surface area contributed by atoms with Gasteiger partial charge in [0, 0.05) is 18.1 Å². The molecule has 1 aliphatic rings. The average Bonchev–Trinajstić information content (AvgIpc) is 3.09. The van der Waals surface area contributed by atoms with Crippen LogP contribution in [0.4, 0.5) is 0 Å². The molecule has 1 fully saturated rings. The standard InChI is InChI=1S/C17H18ClNO5S/c1-12-11-13(18)5-6-14(12)24-17(20)15-7-8-16(23-15)25(21,22)19-9-3-2-4-10-19/h5-8,11H,2-4,9-10H2,1H3. The molecule has 0 bridgehead atoms. The van der Waals surface area contributed by atoms with Crippen molar-refractivity contribution in [3.8, 4) is 5.75 Å². The lowest BCUT2D eigenvalue weighted by Crippen LogP contribution is -2.35. The Balaban J connectivity index is 1.77. The van der Waals surface area contributed by atoms with Crippen molar-refractivity contribution in [3.63, 3.8) is 0 Å². The van der Waals surface area contributed by atoms with Crippen LogP contribution >= 0.6 is 11.6 Å². The molecule has 0 saturated carbocycles. The molecule has 1 saturated heterocycles. The molecule has 8 heteroatoms. The molecule has 1 aromatic heterocycles. The molecule has 0 aliphatic carbocycles. The number of carbonyl (C=O) groups excluding carboxylic acids is 1. The number of rotatable bonds is 4. The third-order valence-corrected chi connectivity index (χ3v) is 6.04. The Kier molecular flexibility index (Phi) is 5.17. The largest absolute Gasteiger partial charge is 0.436 e. The number of benzene rings is 1. The maximum Gasteiger partial charge on any atom is 0.379 e. The number of nitrogens with zero attached hydrogens (tertiary/aromatic N) is 1. The number of piperidine rings is 1. The number of furan rings is 1. The second kappa shape index (κ2) is 7.19. The van der Waals surface area contributed by atoms with Gasteiger partial charge in [-0.15, -0.1) is 0 Å². The third kappa shape index (κ3) is 3.89. The van der Waals surface area contributed by atoms with Crippen LogP contribution in [-0.4, -0.2) is 31.8 Å². The normalized spacial score (nSPS) is 15.9. The van der Waals surface area contributed by atoms with E-state index in [1.54, 1.807) is 25.1 Å². The summed E-state index contributed by atoms with van der Waals surface area (Å²) in [5, 5.41) is 0.291. The van der Waals surface area contributed by atoms with Crippen molar-refractivity contribution in [3.05, 3.63) is 46.7 Å². The van der Waals surface area contributed by atoms with Crippen LogP contribution in [0.2, 0.25) is 5.02 Å². The number of carbonyl (C=O) groups is 1. The fourth-order valence-electron chi connectivity index (χ4n) is 2.68. The quantitative estimate of drug-likeness (QED) is 0.595. The zero-order chi connectivity index (χ0) is 18.0. The first-order chi connectivity index (χ1) is 11.9. The smallest absolute Gasteiger partial charge is 0.379 e. The van der Waals surface area contributed by atoms with E-state index in [2.05, 4.69) is 0 Å². The van der Waals surface area contributed by atoms with Gasteiger partial charge in [0.25, 0.3) is 10.0 Å². The van der Waals surface area contributed by atoms with Gasteiger partial charge in [-0.2, -0.15) is 4.31 Å². The highest BCUT2D eigenvalue weighted by atomic mass is 35.5. The predicted octanol–water partition coefficient (Wildman–Crippen LogP) is 3.64. The minimum atomic E-state index is -3.72. The second-order valence-corrected chi connectivity index (χ2v) is 8.19. The Hall–Kier alpha value is -1.83. The minimum Gasteiger partial charge on any atom is -0.436 e. The highest BCUT2D eigenvalue weighted by molar-refractivity contribution is 7.89. The summed E-state index contributed by atoms with van der Waals surface area (Å²) in [7, 11) is -3.72. The first-order valence-electron chi connectivity index (χ1n) is 7.96. The Labute approximate surface area is 151 Å². The van der Waals surface area contributed by atoms with Gasteiger partial charge in [-0.25, -0.2) is 13.2 Å². The SMILES string of the molecule is Cc1cc(Cl)ccc1OC(=O)c1ccc(S(=O)(=O)N2CCCCC2)o1. The summed E-state index contributed by atoms with van der Waals surface area (Å²) >= 11 is 5.87. The van der Waals surface area contributed by atoms with Crippen LogP contribution in [0, 0.1) is 6.92 Å². The number of ether oxygens (including phenoxy) is 1. The zero-order valence-corrected chi connectivity index (χ0v) is 15.3. The highest BCUT2D eigenvalue weighted by Crippen LogP contribution is 2.25. The zero-order valence-electron chi connectivity index (χ0n) is 13.7. The van der Waals surface area contributed by atoms with Gasteiger partial charge in [-0.1, -0.05) is 18.0 Å². The summed E-state index contributed by atoms with van der Waals surface area (Å²) in [6, 6.07) is 7.44. The molecule has 0 spiro atoms. The van der Waals surface area contributed by atoms with Gasteiger partial charge in [-0.05, 0) is 55.7 Å². The molecule has 1 aromatic carbocycles. The Morgan fingerprint density at radius 2 is 1.88 bits per heavy atom. The highest BCUT2D eigenvalue weighted by Gasteiger charge is 2.30. The lowest BCUT2D eigenvalue weighted by molar-refractivity contribution is 0.0694. The van der Waals surface area contributed by atoms with E-state index in [0.29, 0.717) is 29.4 Å². The van der Waals surface area contributed by atoms with Gasteiger partial charge < -0.3 is 9.15 Å². The molecule has 6 nitrogen and oxygen atoms in total. The number of halogens is 1. The van der Waals surface area contributed by atoms with Crippen molar-refractivity contribution in [2.45, 2.75) is 31.3 Å². The summed E-state index contributed by atoms with van der Waals surface area (Å²) in [5.41, 5.74) is 0.688. The predicted molar refractivity (Wildman–Crippen MR) is 92.5 cm³/mol. The molecule has 2 heterocycles. The molecule has 0 amide bonds. The van der Waals surface area contributed by atoms with Crippen LogP contribution < -0.4 is 4.74 Å². The molecule has 3 rings (SSSR count). The molecule has 1 aliphatic heterocycles. The van der Waals surface area contributed by atoms with E-state index in [0.717, 1.165) is 19.3 Å². The van der Waals surface area contributed by atoms with E-state index in [1.165, 1.54) is 16.4 Å². The maximum atomic E-state index is 12.5. The number of hydrogen-bond donors (Lipinski definition) is 0. The first kappa shape index (κ1) is 18.0. The minimum absolute atomic E-state index is 0.162. The van der Waals surface area contributed by atoms with E-state index in [4.69, 9.17) is 20.8 Å². The topological polar surface area (TPSA) is 76.8 Å². The van der Waals surface area contributed by atoms with Crippen LogP contribution in [0.5, 0.6) is 5.75 Å². The lowest BCUT2D eigenvalue weighted by Gasteiger charge is -2.24. The molecule has 0 radical (unpaired) electrons. The van der Waals surface area contributed by atoms with E-state index in [1.807, 2.05) is 0 Å². The van der Waals surface area contributed by atoms with Gasteiger partial charge in [0.2, 0.25) is 10.9 Å². The number of esters is 1. The third-order valence-electron chi connectivity index (χ3n) is 4.03. The van der Waals surface area contributed by atoms with Gasteiger partial charge in [-0.3, -0.25) is 0 Å². The van der Waals surface area contributed by atoms with Crippen LogP contribution in [0.25, 0.3) is 0 Å².